The lowest BCUT2D eigenvalue weighted by atomic mass is 9.82. The molecule has 3 aromatic rings. The molecule has 32 heavy (non-hydrogen) atoms. The van der Waals surface area contributed by atoms with Gasteiger partial charge in [0.15, 0.2) is 0 Å². The van der Waals surface area contributed by atoms with Crippen molar-refractivity contribution in [2.45, 2.75) is 38.8 Å². The Labute approximate surface area is 181 Å². The molecule has 0 radical (unpaired) electrons. The molecular formula is C23H21F3N4O2. The van der Waals surface area contributed by atoms with Gasteiger partial charge in [0.25, 0.3) is 0 Å². The third-order valence-corrected chi connectivity index (χ3v) is 5.64. The number of carbonyl (C=O) groups excluding carboxylic acids is 2. The first-order valence-corrected chi connectivity index (χ1v) is 10.0. The molecule has 0 aliphatic carbocycles. The Morgan fingerprint density at radius 3 is 2.59 bits per heavy atom. The molecule has 1 aromatic heterocycles. The molecule has 0 bridgehead atoms. The SMILES string of the molecule is CC1=C(CC(=O)Nc2cc(C)c3[nH]ncc3c2)C(c2ccc(C(F)(F)F)cc2)CC(=O)N1. The average molecular weight is 442 g/mol. The number of aromatic nitrogens is 2. The van der Waals surface area contributed by atoms with Crippen LogP contribution in [0.2, 0.25) is 0 Å². The van der Waals surface area contributed by atoms with Crippen molar-refractivity contribution in [1.82, 2.24) is 15.5 Å². The largest absolute Gasteiger partial charge is 0.416 e. The molecule has 9 heteroatoms. The van der Waals surface area contributed by atoms with Gasteiger partial charge >= 0.3 is 6.18 Å². The molecule has 1 aliphatic rings. The minimum atomic E-state index is -4.44. The average Bonchev–Trinajstić information content (AvgIpc) is 3.18. The number of allylic oxidation sites excluding steroid dienone is 1. The summed E-state index contributed by atoms with van der Waals surface area (Å²) in [6.45, 7) is 3.60. The molecule has 0 spiro atoms. The standard InChI is InChI=1S/C23H21F3N4O2/c1-12-7-17(8-15-11-27-30-22(12)15)29-21(32)9-18-13(2)28-20(31)10-19(18)14-3-5-16(6-4-14)23(24,25)26/h3-8,11,19H,9-10H2,1-2H3,(H,27,30)(H,28,31)(H,29,32). The van der Waals surface area contributed by atoms with Crippen molar-refractivity contribution < 1.29 is 22.8 Å². The fourth-order valence-corrected chi connectivity index (χ4v) is 4.08. The molecular weight excluding hydrogens is 421 g/mol. The van der Waals surface area contributed by atoms with E-state index in [0.717, 1.165) is 28.6 Å². The molecule has 0 saturated carbocycles. The van der Waals surface area contributed by atoms with E-state index in [0.29, 0.717) is 22.5 Å². The van der Waals surface area contributed by atoms with Crippen molar-refractivity contribution in [3.8, 4) is 0 Å². The van der Waals surface area contributed by atoms with Crippen LogP contribution in [0.3, 0.4) is 0 Å². The zero-order valence-electron chi connectivity index (χ0n) is 17.4. The second-order valence-electron chi connectivity index (χ2n) is 7.93. The number of aryl methyl sites for hydroxylation is 1. The number of amides is 2. The second-order valence-corrected chi connectivity index (χ2v) is 7.93. The van der Waals surface area contributed by atoms with E-state index < -0.39 is 17.7 Å². The van der Waals surface area contributed by atoms with Crippen LogP contribution in [-0.4, -0.2) is 22.0 Å². The van der Waals surface area contributed by atoms with Gasteiger partial charge in [-0.25, -0.2) is 0 Å². The van der Waals surface area contributed by atoms with Gasteiger partial charge in [-0.1, -0.05) is 12.1 Å². The van der Waals surface area contributed by atoms with Gasteiger partial charge in [0, 0.05) is 29.1 Å². The molecule has 0 saturated heterocycles. The number of nitrogens with one attached hydrogen (secondary N) is 3. The normalized spacial score (nSPS) is 16.9. The minimum absolute atomic E-state index is 0.000272. The Kier molecular flexibility index (Phi) is 5.50. The van der Waals surface area contributed by atoms with E-state index in [-0.39, 0.29) is 24.7 Å². The first-order valence-electron chi connectivity index (χ1n) is 10.0. The van der Waals surface area contributed by atoms with E-state index in [4.69, 9.17) is 0 Å². The second kappa shape index (κ2) is 8.14. The number of hydrogen-bond acceptors (Lipinski definition) is 3. The number of rotatable bonds is 4. The minimum Gasteiger partial charge on any atom is -0.330 e. The summed E-state index contributed by atoms with van der Waals surface area (Å²) in [5.41, 5.74) is 3.45. The number of anilines is 1. The van der Waals surface area contributed by atoms with Crippen LogP contribution < -0.4 is 10.6 Å². The number of carbonyl (C=O) groups is 2. The Morgan fingerprint density at radius 1 is 1.19 bits per heavy atom. The molecule has 3 N–H and O–H groups in total. The molecule has 2 amide bonds. The molecule has 2 heterocycles. The fourth-order valence-electron chi connectivity index (χ4n) is 4.08. The Hall–Kier alpha value is -3.62. The van der Waals surface area contributed by atoms with Crippen molar-refractivity contribution in [1.29, 1.82) is 0 Å². The van der Waals surface area contributed by atoms with Gasteiger partial charge in [0.05, 0.1) is 23.7 Å². The van der Waals surface area contributed by atoms with Crippen LogP contribution in [-0.2, 0) is 15.8 Å². The van der Waals surface area contributed by atoms with Crippen LogP contribution >= 0.6 is 0 Å². The number of fused-ring (bicyclic) bond motifs is 1. The number of halogens is 3. The van der Waals surface area contributed by atoms with Gasteiger partial charge in [0.1, 0.15) is 0 Å². The molecule has 6 nitrogen and oxygen atoms in total. The lowest BCUT2D eigenvalue weighted by Crippen LogP contribution is -2.32. The Morgan fingerprint density at radius 2 is 1.91 bits per heavy atom. The number of aromatic amines is 1. The third kappa shape index (κ3) is 4.37. The zero-order valence-corrected chi connectivity index (χ0v) is 17.4. The van der Waals surface area contributed by atoms with E-state index in [1.807, 2.05) is 13.0 Å². The predicted molar refractivity (Wildman–Crippen MR) is 114 cm³/mol. The highest BCUT2D eigenvalue weighted by Crippen LogP contribution is 2.37. The lowest BCUT2D eigenvalue weighted by Gasteiger charge is -2.28. The van der Waals surface area contributed by atoms with Crippen LogP contribution in [0.1, 0.15) is 42.4 Å². The number of alkyl halides is 3. The summed E-state index contributed by atoms with van der Waals surface area (Å²) in [4.78, 5) is 24.9. The van der Waals surface area contributed by atoms with Gasteiger partial charge in [-0.05, 0) is 54.8 Å². The smallest absolute Gasteiger partial charge is 0.330 e. The van der Waals surface area contributed by atoms with E-state index >= 15 is 0 Å². The van der Waals surface area contributed by atoms with Crippen LogP contribution in [0.15, 0.2) is 53.9 Å². The van der Waals surface area contributed by atoms with E-state index in [1.165, 1.54) is 12.1 Å². The molecule has 1 unspecified atom stereocenters. The van der Waals surface area contributed by atoms with Crippen LogP contribution in [0, 0.1) is 6.92 Å². The lowest BCUT2D eigenvalue weighted by molar-refractivity contribution is -0.137. The number of hydrogen-bond donors (Lipinski definition) is 3. The summed E-state index contributed by atoms with van der Waals surface area (Å²) in [7, 11) is 0. The predicted octanol–water partition coefficient (Wildman–Crippen LogP) is 4.80. The van der Waals surface area contributed by atoms with Crippen LogP contribution in [0.5, 0.6) is 0 Å². The molecule has 166 valence electrons. The quantitative estimate of drug-likeness (QED) is 0.543. The fraction of sp³-hybridized carbons (Fsp3) is 0.261. The van der Waals surface area contributed by atoms with Crippen LogP contribution in [0.25, 0.3) is 10.9 Å². The molecule has 4 rings (SSSR count). The van der Waals surface area contributed by atoms with Crippen molar-refractivity contribution in [2.24, 2.45) is 0 Å². The summed E-state index contributed by atoms with van der Waals surface area (Å²) in [5.74, 6) is -0.998. The van der Waals surface area contributed by atoms with Gasteiger partial charge in [-0.2, -0.15) is 18.3 Å². The molecule has 1 aliphatic heterocycles. The third-order valence-electron chi connectivity index (χ3n) is 5.64. The van der Waals surface area contributed by atoms with Crippen molar-refractivity contribution in [3.63, 3.8) is 0 Å². The number of nitrogens with zero attached hydrogens (tertiary/aromatic N) is 1. The zero-order chi connectivity index (χ0) is 23.0. The first kappa shape index (κ1) is 21.6. The Balaban J connectivity index is 1.57. The van der Waals surface area contributed by atoms with Crippen molar-refractivity contribution in [2.75, 3.05) is 5.32 Å². The van der Waals surface area contributed by atoms with Crippen molar-refractivity contribution >= 4 is 28.4 Å². The van der Waals surface area contributed by atoms with E-state index in [1.54, 1.807) is 19.2 Å². The topological polar surface area (TPSA) is 86.9 Å². The highest BCUT2D eigenvalue weighted by Gasteiger charge is 2.32. The summed E-state index contributed by atoms with van der Waals surface area (Å²) < 4.78 is 38.7. The maximum Gasteiger partial charge on any atom is 0.416 e. The molecule has 1 atom stereocenters. The van der Waals surface area contributed by atoms with Gasteiger partial charge in [0.2, 0.25) is 11.8 Å². The summed E-state index contributed by atoms with van der Waals surface area (Å²) in [6.07, 6.45) is -2.71. The van der Waals surface area contributed by atoms with Crippen molar-refractivity contribution in [3.05, 3.63) is 70.6 Å². The highest BCUT2D eigenvalue weighted by atomic mass is 19.4. The van der Waals surface area contributed by atoms with Gasteiger partial charge < -0.3 is 10.6 Å². The maximum atomic E-state index is 12.9. The monoisotopic (exact) mass is 442 g/mol. The summed E-state index contributed by atoms with van der Waals surface area (Å²) in [6, 6.07) is 8.37. The van der Waals surface area contributed by atoms with E-state index in [9.17, 15) is 22.8 Å². The summed E-state index contributed by atoms with van der Waals surface area (Å²) in [5, 5.41) is 13.4. The summed E-state index contributed by atoms with van der Waals surface area (Å²) >= 11 is 0. The van der Waals surface area contributed by atoms with Crippen LogP contribution in [0.4, 0.5) is 18.9 Å². The Bertz CT molecular complexity index is 1230. The number of benzene rings is 2. The number of H-pyrrole nitrogens is 1. The van der Waals surface area contributed by atoms with E-state index in [2.05, 4.69) is 20.8 Å². The van der Waals surface area contributed by atoms with Gasteiger partial charge in [-0.3, -0.25) is 14.7 Å². The first-order chi connectivity index (χ1) is 15.1. The molecule has 2 aromatic carbocycles. The van der Waals surface area contributed by atoms with Gasteiger partial charge in [-0.15, -0.1) is 0 Å². The maximum absolute atomic E-state index is 12.9. The molecule has 0 fully saturated rings. The highest BCUT2D eigenvalue weighted by molar-refractivity contribution is 5.96.